The zero-order valence-electron chi connectivity index (χ0n) is 28.6. The molecular formula is C35H53N5O6S. The van der Waals surface area contributed by atoms with Crippen LogP contribution in [0.1, 0.15) is 98.2 Å². The first-order valence-corrected chi connectivity index (χ1v) is 18.4. The minimum atomic E-state index is -1.07. The molecule has 5 amide bonds. The van der Waals surface area contributed by atoms with Crippen molar-refractivity contribution < 1.29 is 28.4 Å². The van der Waals surface area contributed by atoms with Crippen LogP contribution in [0.3, 0.4) is 0 Å². The minimum Gasteiger partial charge on any atom is -0.468 e. The zero-order chi connectivity index (χ0) is 34.1. The fourth-order valence-electron chi connectivity index (χ4n) is 7.88. The maximum Gasteiger partial charge on any atom is 0.315 e. The number of amides is 5. The van der Waals surface area contributed by atoms with Gasteiger partial charge in [0, 0.05) is 12.1 Å². The SMILES string of the molecule is CC1(C)C2CN(C(=O)[C@@H](NC(=O)NC3(CCSCc4ccco4)CCCCC3)C(C)(C)C)[C@H](C(=O)NC(CC3CC3)C(=O)C(N)=O)C21. The van der Waals surface area contributed by atoms with E-state index in [4.69, 9.17) is 10.2 Å². The van der Waals surface area contributed by atoms with E-state index >= 15 is 0 Å². The molecule has 3 saturated carbocycles. The summed E-state index contributed by atoms with van der Waals surface area (Å²) in [4.78, 5) is 68.0. The number of fused-ring (bicyclic) bond motifs is 1. The second-order valence-corrected chi connectivity index (χ2v) is 17.1. The molecule has 260 valence electrons. The van der Waals surface area contributed by atoms with Crippen LogP contribution in [0.5, 0.6) is 0 Å². The molecule has 0 radical (unpaired) electrons. The van der Waals surface area contributed by atoms with Crippen LogP contribution in [-0.4, -0.2) is 70.4 Å². The highest BCUT2D eigenvalue weighted by atomic mass is 32.2. The van der Waals surface area contributed by atoms with Crippen molar-refractivity contribution in [2.75, 3.05) is 12.3 Å². The number of likely N-dealkylation sites (tertiary alicyclic amines) is 1. The summed E-state index contributed by atoms with van der Waals surface area (Å²) in [5, 5.41) is 9.13. The van der Waals surface area contributed by atoms with Crippen molar-refractivity contribution in [1.82, 2.24) is 20.9 Å². The van der Waals surface area contributed by atoms with Gasteiger partial charge in [-0.05, 0) is 72.2 Å². The number of nitrogens with one attached hydrogen (secondary N) is 3. The number of piperidine rings is 1. The van der Waals surface area contributed by atoms with Crippen LogP contribution in [0.2, 0.25) is 0 Å². The Labute approximate surface area is 282 Å². The Morgan fingerprint density at radius 2 is 1.79 bits per heavy atom. The number of ketones is 1. The van der Waals surface area contributed by atoms with Crippen LogP contribution in [0, 0.1) is 28.6 Å². The van der Waals surface area contributed by atoms with E-state index < -0.39 is 41.1 Å². The van der Waals surface area contributed by atoms with E-state index in [0.717, 1.165) is 68.6 Å². The fraction of sp³-hybridized carbons (Fsp3) is 0.743. The Hall–Kier alpha value is -3.02. The second-order valence-electron chi connectivity index (χ2n) is 16.0. The average Bonchev–Trinajstić information content (AvgIpc) is 3.71. The predicted octanol–water partition coefficient (Wildman–Crippen LogP) is 4.14. The van der Waals surface area contributed by atoms with Crippen LogP contribution < -0.4 is 21.7 Å². The molecule has 12 heteroatoms. The summed E-state index contributed by atoms with van der Waals surface area (Å²) in [6.45, 7) is 10.3. The largest absolute Gasteiger partial charge is 0.468 e. The topological polar surface area (TPSA) is 164 Å². The van der Waals surface area contributed by atoms with Crippen LogP contribution in [-0.2, 0) is 24.9 Å². The van der Waals surface area contributed by atoms with Crippen LogP contribution in [0.15, 0.2) is 22.8 Å². The maximum atomic E-state index is 14.4. The van der Waals surface area contributed by atoms with Crippen molar-refractivity contribution in [2.45, 2.75) is 122 Å². The number of hydrogen-bond acceptors (Lipinski definition) is 7. The molecule has 11 nitrogen and oxygen atoms in total. The molecule has 4 aliphatic rings. The van der Waals surface area contributed by atoms with Gasteiger partial charge in [-0.15, -0.1) is 0 Å². The van der Waals surface area contributed by atoms with Gasteiger partial charge in [0.25, 0.3) is 5.91 Å². The first-order chi connectivity index (χ1) is 22.1. The van der Waals surface area contributed by atoms with Gasteiger partial charge in [0.1, 0.15) is 17.8 Å². The third kappa shape index (κ3) is 8.17. The molecule has 5 atom stereocenters. The Kier molecular flexibility index (Phi) is 10.4. The summed E-state index contributed by atoms with van der Waals surface area (Å²) < 4.78 is 5.46. The zero-order valence-corrected chi connectivity index (χ0v) is 29.4. The molecule has 1 aromatic rings. The van der Waals surface area contributed by atoms with E-state index in [-0.39, 0.29) is 40.6 Å². The molecule has 0 aromatic carbocycles. The summed E-state index contributed by atoms with van der Waals surface area (Å²) in [6, 6.07) is 0.771. The molecule has 3 aliphatic carbocycles. The highest BCUT2D eigenvalue weighted by Gasteiger charge is 2.70. The normalized spacial score (nSPS) is 25.6. The molecule has 47 heavy (non-hydrogen) atoms. The molecule has 1 aliphatic heterocycles. The van der Waals surface area contributed by atoms with Crippen molar-refractivity contribution in [2.24, 2.45) is 34.3 Å². The highest BCUT2D eigenvalue weighted by molar-refractivity contribution is 7.98. The molecule has 4 fully saturated rings. The van der Waals surface area contributed by atoms with Gasteiger partial charge in [-0.3, -0.25) is 19.2 Å². The molecule has 1 saturated heterocycles. The van der Waals surface area contributed by atoms with Gasteiger partial charge < -0.3 is 31.0 Å². The predicted molar refractivity (Wildman–Crippen MR) is 180 cm³/mol. The summed E-state index contributed by atoms with van der Waals surface area (Å²) >= 11 is 1.78. The standard InChI is InChI=1S/C35H53N5O6S/c1-33(2,3)28(38-32(45)39-35(13-7-6-8-14-35)15-17-47-20-22-10-9-16-46-22)31(44)40-19-23-25(34(23,4)5)26(40)30(43)37-24(18-21-11-12-21)27(41)29(36)42/h9-10,16,21,23-26,28H,6-8,11-15,17-20H2,1-5H3,(H2,36,42)(H,37,43)(H2,38,39,45)/t23?,24?,25?,26-,28+/m0/s1. The number of urea groups is 1. The van der Waals surface area contributed by atoms with Gasteiger partial charge in [-0.25, -0.2) is 4.79 Å². The second kappa shape index (κ2) is 13.8. The number of primary amides is 1. The Balaban J connectivity index is 1.27. The number of thioether (sulfide) groups is 1. The quantitative estimate of drug-likeness (QED) is 0.171. The number of Topliss-reactive ketones (excluding diaryl/α,β-unsaturated/α-hetero) is 1. The number of nitrogens with two attached hydrogens (primary N) is 1. The number of rotatable bonds is 14. The van der Waals surface area contributed by atoms with E-state index in [1.54, 1.807) is 22.9 Å². The monoisotopic (exact) mass is 671 g/mol. The summed E-state index contributed by atoms with van der Waals surface area (Å²) in [5.41, 5.74) is 4.18. The van der Waals surface area contributed by atoms with Crippen molar-refractivity contribution in [3.8, 4) is 0 Å². The molecule has 0 bridgehead atoms. The van der Waals surface area contributed by atoms with Crippen LogP contribution in [0.25, 0.3) is 0 Å². The smallest absolute Gasteiger partial charge is 0.315 e. The molecule has 0 spiro atoms. The van der Waals surface area contributed by atoms with Gasteiger partial charge >= 0.3 is 6.03 Å². The van der Waals surface area contributed by atoms with Crippen molar-refractivity contribution in [3.05, 3.63) is 24.2 Å². The van der Waals surface area contributed by atoms with Gasteiger partial charge in [-0.2, -0.15) is 11.8 Å². The first kappa shape index (κ1) is 35.3. The Bertz CT molecular complexity index is 1330. The Morgan fingerprint density at radius 3 is 2.38 bits per heavy atom. The van der Waals surface area contributed by atoms with Gasteiger partial charge in [0.05, 0.1) is 18.1 Å². The van der Waals surface area contributed by atoms with Crippen LogP contribution >= 0.6 is 11.8 Å². The lowest BCUT2D eigenvalue weighted by Crippen LogP contribution is -2.63. The first-order valence-electron chi connectivity index (χ1n) is 17.3. The number of furan rings is 1. The molecular weight excluding hydrogens is 618 g/mol. The number of hydrogen-bond donors (Lipinski definition) is 4. The summed E-state index contributed by atoms with van der Waals surface area (Å²) in [6.07, 6.45) is 9.71. The summed E-state index contributed by atoms with van der Waals surface area (Å²) in [7, 11) is 0. The van der Waals surface area contributed by atoms with Gasteiger partial charge in [-0.1, -0.05) is 66.7 Å². The lowest BCUT2D eigenvalue weighted by atomic mass is 9.79. The van der Waals surface area contributed by atoms with Gasteiger partial charge in [0.15, 0.2) is 0 Å². The minimum absolute atomic E-state index is 0.0877. The third-order valence-corrected chi connectivity index (χ3v) is 12.0. The summed E-state index contributed by atoms with van der Waals surface area (Å²) in [5.74, 6) is 0.227. The third-order valence-electron chi connectivity index (χ3n) is 11.0. The van der Waals surface area contributed by atoms with Crippen molar-refractivity contribution >= 4 is 41.3 Å². The van der Waals surface area contributed by atoms with Gasteiger partial charge in [0.2, 0.25) is 17.6 Å². The number of carbonyl (C=O) groups excluding carboxylic acids is 5. The molecule has 2 heterocycles. The molecule has 5 rings (SSSR count). The Morgan fingerprint density at radius 1 is 1.09 bits per heavy atom. The maximum absolute atomic E-state index is 14.4. The lowest BCUT2D eigenvalue weighted by Gasteiger charge is -2.41. The van der Waals surface area contributed by atoms with Crippen molar-refractivity contribution in [1.29, 1.82) is 0 Å². The van der Waals surface area contributed by atoms with E-state index in [1.807, 2.05) is 32.9 Å². The number of carbonyl (C=O) groups is 5. The van der Waals surface area contributed by atoms with E-state index in [2.05, 4.69) is 29.8 Å². The fourth-order valence-corrected chi connectivity index (χ4v) is 8.93. The van der Waals surface area contributed by atoms with E-state index in [9.17, 15) is 24.0 Å². The average molecular weight is 672 g/mol. The van der Waals surface area contributed by atoms with E-state index in [1.165, 1.54) is 0 Å². The highest BCUT2D eigenvalue weighted by Crippen LogP contribution is 2.65. The lowest BCUT2D eigenvalue weighted by molar-refractivity contribution is -0.145. The molecule has 1 aromatic heterocycles. The van der Waals surface area contributed by atoms with E-state index in [0.29, 0.717) is 13.0 Å². The molecule has 5 N–H and O–H groups in total. The van der Waals surface area contributed by atoms with Crippen LogP contribution in [0.4, 0.5) is 4.79 Å². The van der Waals surface area contributed by atoms with Crippen molar-refractivity contribution in [3.63, 3.8) is 0 Å². The number of nitrogens with zero attached hydrogens (tertiary/aromatic N) is 1. The molecule has 3 unspecified atom stereocenters.